The molecular weight excluding hydrogens is 312 g/mol. The monoisotopic (exact) mass is 328 g/mol. The summed E-state index contributed by atoms with van der Waals surface area (Å²) in [6.07, 6.45) is 1.69. The highest BCUT2D eigenvalue weighted by Gasteiger charge is 2.13. The Hall–Kier alpha value is -2.47. The minimum Gasteiger partial charge on any atom is -0.221 e. The molecule has 0 unspecified atom stereocenters. The van der Waals surface area contributed by atoms with Crippen LogP contribution in [0.25, 0.3) is 5.69 Å². The van der Waals surface area contributed by atoms with Crippen molar-refractivity contribution in [2.24, 2.45) is 5.10 Å². The molecule has 0 spiro atoms. The number of rotatable bonds is 3. The maximum Gasteiger partial charge on any atom is 0.151 e. The normalized spacial score (nSPS) is 11.5. The van der Waals surface area contributed by atoms with Gasteiger partial charge in [0, 0.05) is 0 Å². The maximum absolute atomic E-state index is 6.49. The van der Waals surface area contributed by atoms with E-state index in [4.69, 9.17) is 11.6 Å². The van der Waals surface area contributed by atoms with Crippen LogP contribution in [-0.4, -0.2) is 30.9 Å². The van der Waals surface area contributed by atoms with Crippen LogP contribution in [0, 0.1) is 27.7 Å². The second-order valence-electron chi connectivity index (χ2n) is 5.39. The summed E-state index contributed by atoms with van der Waals surface area (Å²) >= 11 is 6.49. The average Bonchev–Trinajstić information content (AvgIpc) is 2.99. The van der Waals surface area contributed by atoms with Crippen LogP contribution in [0.15, 0.2) is 29.4 Å². The first-order valence-electron chi connectivity index (χ1n) is 7.22. The number of aryl methyl sites for hydroxylation is 4. The van der Waals surface area contributed by atoms with Crippen LogP contribution in [0.2, 0.25) is 5.15 Å². The summed E-state index contributed by atoms with van der Waals surface area (Å²) in [5.74, 6) is 1.44. The Balaban J connectivity index is 2.00. The second-order valence-corrected chi connectivity index (χ2v) is 5.75. The van der Waals surface area contributed by atoms with Gasteiger partial charge in [0.2, 0.25) is 0 Å². The molecule has 3 rings (SSSR count). The molecule has 2 aromatic heterocycles. The quantitative estimate of drug-likeness (QED) is 0.693. The zero-order valence-electron chi connectivity index (χ0n) is 13.4. The molecule has 0 saturated heterocycles. The van der Waals surface area contributed by atoms with Gasteiger partial charge in [0.15, 0.2) is 11.6 Å². The molecule has 1 aromatic carbocycles. The summed E-state index contributed by atoms with van der Waals surface area (Å²) in [6, 6.07) is 8.03. The van der Waals surface area contributed by atoms with Gasteiger partial charge in [0.05, 0.1) is 23.2 Å². The number of nitrogens with zero attached hydrogens (tertiary/aromatic N) is 6. The van der Waals surface area contributed by atoms with Gasteiger partial charge in [0.25, 0.3) is 0 Å². The third-order valence-electron chi connectivity index (χ3n) is 3.58. The van der Waals surface area contributed by atoms with Crippen molar-refractivity contribution in [3.8, 4) is 5.69 Å². The van der Waals surface area contributed by atoms with Crippen molar-refractivity contribution in [2.45, 2.75) is 27.7 Å². The van der Waals surface area contributed by atoms with Crippen molar-refractivity contribution < 1.29 is 0 Å². The average molecular weight is 329 g/mol. The fourth-order valence-corrected chi connectivity index (χ4v) is 2.58. The van der Waals surface area contributed by atoms with E-state index in [-0.39, 0.29) is 0 Å². The molecule has 23 heavy (non-hydrogen) atoms. The van der Waals surface area contributed by atoms with E-state index in [2.05, 4.69) is 20.4 Å². The van der Waals surface area contributed by atoms with Crippen LogP contribution in [0.3, 0.4) is 0 Å². The van der Waals surface area contributed by atoms with Gasteiger partial charge in [-0.3, -0.25) is 0 Å². The van der Waals surface area contributed by atoms with Crippen molar-refractivity contribution in [3.05, 3.63) is 57.9 Å². The minimum absolute atomic E-state index is 0.526. The van der Waals surface area contributed by atoms with Crippen molar-refractivity contribution >= 4 is 17.8 Å². The molecule has 0 radical (unpaired) electrons. The molecule has 0 fully saturated rings. The Morgan fingerprint density at radius 3 is 2.22 bits per heavy atom. The standard InChI is InChI=1S/C16H17ClN6/c1-10-5-7-14(8-6-10)23-16(17)15(11(2)21-23)9-18-22-12(3)19-20-13(22)4/h5-9H,1-4H3. The van der Waals surface area contributed by atoms with Gasteiger partial charge in [-0.1, -0.05) is 29.3 Å². The molecule has 2 heterocycles. The number of hydrogen-bond acceptors (Lipinski definition) is 4. The Morgan fingerprint density at radius 2 is 1.61 bits per heavy atom. The Labute approximate surface area is 139 Å². The molecule has 3 aromatic rings. The van der Waals surface area contributed by atoms with Gasteiger partial charge in [-0.15, -0.1) is 10.2 Å². The zero-order chi connectivity index (χ0) is 16.6. The Kier molecular flexibility index (Phi) is 4.00. The summed E-state index contributed by atoms with van der Waals surface area (Å²) in [4.78, 5) is 0. The summed E-state index contributed by atoms with van der Waals surface area (Å²) < 4.78 is 3.38. The molecule has 0 N–H and O–H groups in total. The molecule has 0 aliphatic heterocycles. The third-order valence-corrected chi connectivity index (χ3v) is 3.95. The molecular formula is C16H17ClN6. The van der Waals surface area contributed by atoms with E-state index in [1.165, 1.54) is 5.56 Å². The first-order valence-corrected chi connectivity index (χ1v) is 7.60. The molecule has 0 saturated carbocycles. The first-order chi connectivity index (χ1) is 11.0. The zero-order valence-corrected chi connectivity index (χ0v) is 14.2. The third kappa shape index (κ3) is 2.90. The molecule has 0 amide bonds. The molecule has 7 heteroatoms. The van der Waals surface area contributed by atoms with E-state index >= 15 is 0 Å². The van der Waals surface area contributed by atoms with E-state index < -0.39 is 0 Å². The summed E-state index contributed by atoms with van der Waals surface area (Å²) in [6.45, 7) is 7.65. The Morgan fingerprint density at radius 1 is 1.00 bits per heavy atom. The maximum atomic E-state index is 6.49. The Bertz CT molecular complexity index is 853. The topological polar surface area (TPSA) is 60.9 Å². The summed E-state index contributed by atoms with van der Waals surface area (Å²) in [5.41, 5.74) is 3.69. The van der Waals surface area contributed by atoms with Gasteiger partial charge in [-0.25, -0.2) is 9.36 Å². The lowest BCUT2D eigenvalue weighted by Crippen LogP contribution is -1.98. The molecule has 118 valence electrons. The highest BCUT2D eigenvalue weighted by molar-refractivity contribution is 6.32. The van der Waals surface area contributed by atoms with Crippen LogP contribution in [0.4, 0.5) is 0 Å². The van der Waals surface area contributed by atoms with E-state index in [1.807, 2.05) is 52.0 Å². The number of benzene rings is 1. The molecule has 0 bridgehead atoms. The van der Waals surface area contributed by atoms with E-state index in [1.54, 1.807) is 15.6 Å². The predicted molar refractivity (Wildman–Crippen MR) is 90.5 cm³/mol. The van der Waals surface area contributed by atoms with Crippen LogP contribution in [-0.2, 0) is 0 Å². The van der Waals surface area contributed by atoms with Gasteiger partial charge >= 0.3 is 0 Å². The lowest BCUT2D eigenvalue weighted by atomic mass is 10.2. The van der Waals surface area contributed by atoms with Gasteiger partial charge < -0.3 is 0 Å². The summed E-state index contributed by atoms with van der Waals surface area (Å²) in [5, 5.41) is 17.4. The predicted octanol–water partition coefficient (Wildman–Crippen LogP) is 3.23. The molecule has 0 aliphatic carbocycles. The number of aromatic nitrogens is 5. The largest absolute Gasteiger partial charge is 0.221 e. The molecule has 0 aliphatic rings. The van der Waals surface area contributed by atoms with Gasteiger partial charge in [0.1, 0.15) is 5.15 Å². The van der Waals surface area contributed by atoms with E-state index in [0.29, 0.717) is 5.15 Å². The van der Waals surface area contributed by atoms with E-state index in [9.17, 15) is 0 Å². The fourth-order valence-electron chi connectivity index (χ4n) is 2.26. The van der Waals surface area contributed by atoms with Gasteiger partial charge in [-0.05, 0) is 39.8 Å². The minimum atomic E-state index is 0.526. The van der Waals surface area contributed by atoms with Crippen LogP contribution in [0.1, 0.15) is 28.5 Å². The van der Waals surface area contributed by atoms with Crippen molar-refractivity contribution in [1.29, 1.82) is 0 Å². The molecule has 0 atom stereocenters. The van der Waals surface area contributed by atoms with Gasteiger partial charge in [-0.2, -0.15) is 10.2 Å². The second kappa shape index (κ2) is 5.96. The van der Waals surface area contributed by atoms with Crippen LogP contribution < -0.4 is 0 Å². The number of hydrogen-bond donors (Lipinski definition) is 0. The lowest BCUT2D eigenvalue weighted by Gasteiger charge is -2.03. The first kappa shape index (κ1) is 15.4. The van der Waals surface area contributed by atoms with Crippen LogP contribution in [0.5, 0.6) is 0 Å². The number of halogens is 1. The lowest BCUT2D eigenvalue weighted by molar-refractivity contribution is 0.799. The van der Waals surface area contributed by atoms with Crippen LogP contribution >= 0.6 is 11.6 Å². The van der Waals surface area contributed by atoms with Crippen molar-refractivity contribution in [3.63, 3.8) is 0 Å². The highest BCUT2D eigenvalue weighted by Crippen LogP contribution is 2.22. The van der Waals surface area contributed by atoms with Crippen molar-refractivity contribution in [1.82, 2.24) is 24.7 Å². The van der Waals surface area contributed by atoms with E-state index in [0.717, 1.165) is 28.6 Å². The fraction of sp³-hybridized carbons (Fsp3) is 0.250. The molecule has 6 nitrogen and oxygen atoms in total. The highest BCUT2D eigenvalue weighted by atomic mass is 35.5. The summed E-state index contributed by atoms with van der Waals surface area (Å²) in [7, 11) is 0. The van der Waals surface area contributed by atoms with Crippen molar-refractivity contribution in [2.75, 3.05) is 0 Å². The SMILES string of the molecule is Cc1ccc(-n2nc(C)c(C=Nn3c(C)nnc3C)c2Cl)cc1. The smallest absolute Gasteiger partial charge is 0.151 e.